The van der Waals surface area contributed by atoms with Gasteiger partial charge in [0.2, 0.25) is 0 Å². The molecule has 1 aromatic carbocycles. The summed E-state index contributed by atoms with van der Waals surface area (Å²) in [6.07, 6.45) is 0. The Balaban J connectivity index is 2.44. The van der Waals surface area contributed by atoms with Crippen molar-refractivity contribution in [1.82, 2.24) is 15.3 Å². The minimum atomic E-state index is -0.195. The predicted molar refractivity (Wildman–Crippen MR) is 73.3 cm³/mol. The maximum Gasteiger partial charge on any atom is 0.258 e. The van der Waals surface area contributed by atoms with Gasteiger partial charge in [-0.3, -0.25) is 9.59 Å². The summed E-state index contributed by atoms with van der Waals surface area (Å²) in [5.74, 6) is 0.919. The van der Waals surface area contributed by atoms with E-state index in [9.17, 15) is 9.59 Å². The normalized spacial score (nSPS) is 10.6. The predicted octanol–water partition coefficient (Wildman–Crippen LogP) is 0.891. The lowest BCUT2D eigenvalue weighted by Crippen LogP contribution is -2.25. The molecule has 2 N–H and O–H groups in total. The maximum atomic E-state index is 11.8. The van der Waals surface area contributed by atoms with Gasteiger partial charge in [-0.05, 0) is 25.1 Å². The first-order chi connectivity index (χ1) is 8.61. The van der Waals surface area contributed by atoms with Crippen molar-refractivity contribution in [3.05, 3.63) is 39.9 Å². The van der Waals surface area contributed by atoms with Gasteiger partial charge in [-0.25, -0.2) is 4.98 Å². The number of aromatic amines is 1. The van der Waals surface area contributed by atoms with Gasteiger partial charge in [0.25, 0.3) is 11.5 Å². The van der Waals surface area contributed by atoms with E-state index in [1.165, 1.54) is 0 Å². The Hall–Kier alpha value is -1.82. The lowest BCUT2D eigenvalue weighted by molar-refractivity contribution is 0.0956. The van der Waals surface area contributed by atoms with Crippen LogP contribution in [0.5, 0.6) is 0 Å². The number of hydrogen-bond donors (Lipinski definition) is 3. The fraction of sp³-hybridized carbons (Fsp3) is 0.250. The number of aryl methyl sites for hydroxylation is 1. The van der Waals surface area contributed by atoms with Gasteiger partial charge < -0.3 is 10.3 Å². The minimum absolute atomic E-state index is 0.189. The highest BCUT2D eigenvalue weighted by molar-refractivity contribution is 7.80. The fourth-order valence-electron chi connectivity index (χ4n) is 1.67. The van der Waals surface area contributed by atoms with Crippen molar-refractivity contribution < 1.29 is 4.79 Å². The van der Waals surface area contributed by atoms with Crippen molar-refractivity contribution in [2.24, 2.45) is 0 Å². The number of amides is 1. The molecule has 0 aliphatic heterocycles. The number of rotatable bonds is 3. The molecule has 0 aliphatic rings. The summed E-state index contributed by atoms with van der Waals surface area (Å²) in [5.41, 5.74) is 0.816. The zero-order valence-electron chi connectivity index (χ0n) is 9.86. The molecule has 2 aromatic rings. The average Bonchev–Trinajstić information content (AvgIpc) is 2.34. The Morgan fingerprint density at radius 1 is 1.50 bits per heavy atom. The van der Waals surface area contributed by atoms with Crippen LogP contribution in [0.25, 0.3) is 10.9 Å². The largest absolute Gasteiger partial charge is 0.351 e. The molecule has 1 heterocycles. The molecule has 0 aliphatic carbocycles. The molecule has 0 saturated carbocycles. The molecule has 6 heteroatoms. The van der Waals surface area contributed by atoms with E-state index < -0.39 is 0 Å². The van der Waals surface area contributed by atoms with Crippen molar-refractivity contribution in [2.45, 2.75) is 6.92 Å². The third kappa shape index (κ3) is 2.53. The molecule has 2 rings (SSSR count). The molecule has 0 spiro atoms. The Morgan fingerprint density at radius 2 is 2.28 bits per heavy atom. The van der Waals surface area contributed by atoms with Crippen LogP contribution in [-0.4, -0.2) is 28.2 Å². The summed E-state index contributed by atoms with van der Waals surface area (Å²) in [5, 5.41) is 3.19. The van der Waals surface area contributed by atoms with Crippen molar-refractivity contribution in [2.75, 3.05) is 12.3 Å². The molecule has 1 amide bonds. The zero-order valence-corrected chi connectivity index (χ0v) is 10.8. The number of nitrogens with one attached hydrogen (secondary N) is 2. The van der Waals surface area contributed by atoms with Crippen LogP contribution < -0.4 is 10.9 Å². The Kier molecular flexibility index (Phi) is 3.66. The van der Waals surface area contributed by atoms with E-state index in [-0.39, 0.29) is 11.5 Å². The van der Waals surface area contributed by atoms with Crippen LogP contribution in [0.15, 0.2) is 23.0 Å². The Morgan fingerprint density at radius 3 is 3.00 bits per heavy atom. The second kappa shape index (κ2) is 5.22. The first-order valence-electron chi connectivity index (χ1n) is 5.51. The van der Waals surface area contributed by atoms with Gasteiger partial charge in [0.15, 0.2) is 0 Å². The zero-order chi connectivity index (χ0) is 13.1. The number of benzene rings is 1. The van der Waals surface area contributed by atoms with Crippen LogP contribution in [0.2, 0.25) is 0 Å². The van der Waals surface area contributed by atoms with Crippen LogP contribution in [0, 0.1) is 6.92 Å². The van der Waals surface area contributed by atoms with Crippen molar-refractivity contribution in [3.8, 4) is 0 Å². The molecular weight excluding hydrogens is 250 g/mol. The quantitative estimate of drug-likeness (QED) is 0.720. The molecule has 18 heavy (non-hydrogen) atoms. The average molecular weight is 263 g/mol. The number of nitrogens with zero attached hydrogens (tertiary/aromatic N) is 1. The SMILES string of the molecule is Cc1nc2cc(C(=O)NCCS)ccc2c(=O)[nH]1. The lowest BCUT2D eigenvalue weighted by Gasteiger charge is -2.04. The molecule has 0 radical (unpaired) electrons. The van der Waals surface area contributed by atoms with Gasteiger partial charge >= 0.3 is 0 Å². The third-order valence-electron chi connectivity index (χ3n) is 2.48. The summed E-state index contributed by atoms with van der Waals surface area (Å²) in [7, 11) is 0. The highest BCUT2D eigenvalue weighted by Gasteiger charge is 2.08. The monoisotopic (exact) mass is 263 g/mol. The van der Waals surface area contributed by atoms with Crippen LogP contribution in [0.4, 0.5) is 0 Å². The van der Waals surface area contributed by atoms with Gasteiger partial charge in [-0.2, -0.15) is 12.6 Å². The number of hydrogen-bond acceptors (Lipinski definition) is 4. The van der Waals surface area contributed by atoms with Gasteiger partial charge in [-0.1, -0.05) is 0 Å². The molecule has 5 nitrogen and oxygen atoms in total. The topological polar surface area (TPSA) is 74.8 Å². The van der Waals surface area contributed by atoms with Crippen LogP contribution >= 0.6 is 12.6 Å². The fourth-order valence-corrected chi connectivity index (χ4v) is 1.78. The van der Waals surface area contributed by atoms with E-state index >= 15 is 0 Å². The van der Waals surface area contributed by atoms with E-state index in [2.05, 4.69) is 27.9 Å². The van der Waals surface area contributed by atoms with Crippen LogP contribution in [0.1, 0.15) is 16.2 Å². The highest BCUT2D eigenvalue weighted by Crippen LogP contribution is 2.10. The van der Waals surface area contributed by atoms with Crippen LogP contribution in [0.3, 0.4) is 0 Å². The van der Waals surface area contributed by atoms with E-state index in [4.69, 9.17) is 0 Å². The molecule has 0 unspecified atom stereocenters. The molecule has 94 valence electrons. The van der Waals surface area contributed by atoms with Crippen LogP contribution in [-0.2, 0) is 0 Å². The second-order valence-corrected chi connectivity index (χ2v) is 4.31. The molecule has 0 bridgehead atoms. The van der Waals surface area contributed by atoms with E-state index in [1.54, 1.807) is 25.1 Å². The second-order valence-electron chi connectivity index (χ2n) is 3.86. The summed E-state index contributed by atoms with van der Waals surface area (Å²) in [4.78, 5) is 30.2. The number of carbonyl (C=O) groups excluding carboxylic acids is 1. The Labute approximate surface area is 109 Å². The molecule has 0 atom stereocenters. The first-order valence-corrected chi connectivity index (χ1v) is 6.15. The van der Waals surface area contributed by atoms with Crippen molar-refractivity contribution >= 4 is 29.4 Å². The molecule has 1 aromatic heterocycles. The third-order valence-corrected chi connectivity index (χ3v) is 2.71. The number of carbonyl (C=O) groups is 1. The van der Waals surface area contributed by atoms with Gasteiger partial charge in [0.05, 0.1) is 10.9 Å². The van der Waals surface area contributed by atoms with Gasteiger partial charge in [-0.15, -0.1) is 0 Å². The number of aromatic nitrogens is 2. The number of H-pyrrole nitrogens is 1. The summed E-state index contributed by atoms with van der Waals surface area (Å²) < 4.78 is 0. The highest BCUT2D eigenvalue weighted by atomic mass is 32.1. The van der Waals surface area contributed by atoms with E-state index in [1.807, 2.05) is 0 Å². The number of fused-ring (bicyclic) bond motifs is 1. The summed E-state index contributed by atoms with van der Waals surface area (Å²) in [6.45, 7) is 2.20. The summed E-state index contributed by atoms with van der Waals surface area (Å²) >= 11 is 4.02. The number of thiol groups is 1. The van der Waals surface area contributed by atoms with Crippen molar-refractivity contribution in [3.63, 3.8) is 0 Å². The maximum absolute atomic E-state index is 11.8. The molecule has 0 fully saturated rings. The van der Waals surface area contributed by atoms with Gasteiger partial charge in [0.1, 0.15) is 5.82 Å². The molecular formula is C12H13N3O2S. The summed E-state index contributed by atoms with van der Waals surface area (Å²) in [6, 6.07) is 4.84. The minimum Gasteiger partial charge on any atom is -0.351 e. The van der Waals surface area contributed by atoms with Gasteiger partial charge in [0, 0.05) is 17.9 Å². The van der Waals surface area contributed by atoms with Crippen molar-refractivity contribution in [1.29, 1.82) is 0 Å². The van der Waals surface area contributed by atoms with E-state index in [0.29, 0.717) is 34.6 Å². The standard InChI is InChI=1S/C12H13N3O2S/c1-7-14-10-6-8(11(16)13-4-5-18)2-3-9(10)12(17)15-7/h2-3,6,18H,4-5H2,1H3,(H,13,16)(H,14,15,17). The molecule has 0 saturated heterocycles. The van der Waals surface area contributed by atoms with E-state index in [0.717, 1.165) is 0 Å². The smallest absolute Gasteiger partial charge is 0.258 e. The first kappa shape index (κ1) is 12.6. The lowest BCUT2D eigenvalue weighted by atomic mass is 10.1. The Bertz CT molecular complexity index is 651.